The average Bonchev–Trinajstić information content (AvgIpc) is 3.83. The quantitative estimate of drug-likeness (QED) is 0.170. The number of para-hydroxylation sites is 2. The van der Waals surface area contributed by atoms with E-state index in [2.05, 4.69) is 153 Å². The van der Waals surface area contributed by atoms with Crippen LogP contribution in [-0.2, 0) is 5.41 Å². The summed E-state index contributed by atoms with van der Waals surface area (Å²) in [6, 6.07) is 57.6. The lowest BCUT2D eigenvalue weighted by atomic mass is 9.81. The smallest absolute Gasteiger partial charge is 0.143 e. The number of hydrogen-bond donors (Lipinski definition) is 0. The average molecular weight is 677 g/mol. The van der Waals surface area contributed by atoms with Crippen molar-refractivity contribution < 1.29 is 8.83 Å². The Kier molecular flexibility index (Phi) is 5.60. The molecule has 0 N–H and O–H groups in total. The number of fused-ring (bicyclic) bond motifs is 13. The van der Waals surface area contributed by atoms with Gasteiger partial charge in [0.1, 0.15) is 22.3 Å². The van der Waals surface area contributed by atoms with Crippen molar-refractivity contribution in [1.29, 1.82) is 0 Å². The lowest BCUT2D eigenvalue weighted by molar-refractivity contribution is 0.660. The predicted molar refractivity (Wildman–Crippen MR) is 222 cm³/mol. The van der Waals surface area contributed by atoms with Gasteiger partial charge in [0.25, 0.3) is 0 Å². The molecule has 0 atom stereocenters. The fourth-order valence-electron chi connectivity index (χ4n) is 9.54. The number of hydrogen-bond acceptors (Lipinski definition) is 2. The summed E-state index contributed by atoms with van der Waals surface area (Å²) in [5, 5.41) is 12.0. The van der Waals surface area contributed by atoms with Crippen LogP contribution in [0, 0.1) is 0 Å². The van der Waals surface area contributed by atoms with E-state index in [9.17, 15) is 0 Å². The normalized spacial score (nSPS) is 13.6. The van der Waals surface area contributed by atoms with Crippen LogP contribution in [0.15, 0.2) is 167 Å². The zero-order valence-corrected chi connectivity index (χ0v) is 29.3. The SMILES string of the molecule is CC1(C)c2ccc(-c3c4ccccc4c(-c4ccc5c(c4)oc4ccccc45)c4ccccc34)cc2-c2cc3ccc4c5ccccc5oc4c3cc21. The molecule has 0 unspecified atom stereocenters. The first kappa shape index (κ1) is 29.0. The van der Waals surface area contributed by atoms with Gasteiger partial charge in [0.2, 0.25) is 0 Å². The molecule has 2 heteroatoms. The number of furan rings is 2. The molecule has 1 aliphatic rings. The number of rotatable bonds is 2. The summed E-state index contributed by atoms with van der Waals surface area (Å²) < 4.78 is 12.9. The molecule has 2 aromatic heterocycles. The zero-order chi connectivity index (χ0) is 35.0. The van der Waals surface area contributed by atoms with Gasteiger partial charge in [-0.25, -0.2) is 0 Å². The standard InChI is InChI=1S/C51H32O2/c1-51(2)43-24-21-30(26-41(43)42-25-29-19-23-39-33-12-8-10-18-46(33)53-50(39)40(29)28-44(42)51)48-35-13-3-5-15-37(35)49(38-16-6-4-14-36(38)48)31-20-22-34-32-11-7-9-17-45(32)52-47(34)27-31/h3-28H,1-2H3. The Balaban J connectivity index is 1.09. The molecule has 9 aromatic carbocycles. The Hall–Kier alpha value is -6.64. The van der Waals surface area contributed by atoms with Crippen LogP contribution in [-0.4, -0.2) is 0 Å². The number of benzene rings is 9. The summed E-state index contributed by atoms with van der Waals surface area (Å²) >= 11 is 0. The van der Waals surface area contributed by atoms with Crippen molar-refractivity contribution in [2.24, 2.45) is 0 Å². The molecule has 0 fully saturated rings. The van der Waals surface area contributed by atoms with Crippen molar-refractivity contribution in [3.8, 4) is 33.4 Å². The Morgan fingerprint density at radius 1 is 0.358 bits per heavy atom. The van der Waals surface area contributed by atoms with Gasteiger partial charge in [-0.2, -0.15) is 0 Å². The molecule has 12 rings (SSSR count). The molecule has 0 saturated carbocycles. The molecule has 1 aliphatic carbocycles. The fourth-order valence-corrected chi connectivity index (χ4v) is 9.54. The molecule has 0 bridgehead atoms. The van der Waals surface area contributed by atoms with E-state index in [0.717, 1.165) is 44.1 Å². The third-order valence-corrected chi connectivity index (χ3v) is 12.0. The fraction of sp³-hybridized carbons (Fsp3) is 0.0588. The van der Waals surface area contributed by atoms with Gasteiger partial charge in [-0.1, -0.05) is 123 Å². The summed E-state index contributed by atoms with van der Waals surface area (Å²) in [7, 11) is 0. The Labute approximate surface area is 305 Å². The second-order valence-corrected chi connectivity index (χ2v) is 15.2. The van der Waals surface area contributed by atoms with E-state index in [1.165, 1.54) is 76.6 Å². The van der Waals surface area contributed by atoms with E-state index in [0.29, 0.717) is 0 Å². The highest BCUT2D eigenvalue weighted by Gasteiger charge is 2.36. The van der Waals surface area contributed by atoms with E-state index in [-0.39, 0.29) is 5.41 Å². The van der Waals surface area contributed by atoms with Crippen molar-refractivity contribution in [3.63, 3.8) is 0 Å². The summed E-state index contributed by atoms with van der Waals surface area (Å²) in [6.07, 6.45) is 0. The second-order valence-electron chi connectivity index (χ2n) is 15.2. The van der Waals surface area contributed by atoms with Crippen LogP contribution in [0.4, 0.5) is 0 Å². The Bertz CT molecular complexity index is 3310. The summed E-state index contributed by atoms with van der Waals surface area (Å²) in [6.45, 7) is 4.72. The molecule has 0 radical (unpaired) electrons. The lowest BCUT2D eigenvalue weighted by Gasteiger charge is -2.22. The third kappa shape index (κ3) is 3.87. The van der Waals surface area contributed by atoms with Crippen LogP contribution >= 0.6 is 0 Å². The van der Waals surface area contributed by atoms with Crippen molar-refractivity contribution in [2.45, 2.75) is 19.3 Å². The molecule has 2 nitrogen and oxygen atoms in total. The minimum absolute atomic E-state index is 0.158. The van der Waals surface area contributed by atoms with Gasteiger partial charge in [-0.05, 0) is 120 Å². The van der Waals surface area contributed by atoms with E-state index in [1.807, 2.05) is 18.2 Å². The summed E-state index contributed by atoms with van der Waals surface area (Å²) in [5.41, 5.74) is 13.8. The maximum atomic E-state index is 6.50. The molecular formula is C51H32O2. The third-order valence-electron chi connectivity index (χ3n) is 12.0. The van der Waals surface area contributed by atoms with Crippen molar-refractivity contribution in [2.75, 3.05) is 0 Å². The van der Waals surface area contributed by atoms with E-state index in [4.69, 9.17) is 8.83 Å². The van der Waals surface area contributed by atoms with Gasteiger partial charge in [0, 0.05) is 32.3 Å². The van der Waals surface area contributed by atoms with Gasteiger partial charge in [0.05, 0.1) is 0 Å². The maximum absolute atomic E-state index is 6.50. The maximum Gasteiger partial charge on any atom is 0.143 e. The highest BCUT2D eigenvalue weighted by atomic mass is 16.3. The Morgan fingerprint density at radius 3 is 1.55 bits per heavy atom. The molecule has 0 spiro atoms. The van der Waals surface area contributed by atoms with Gasteiger partial charge in [-0.3, -0.25) is 0 Å². The van der Waals surface area contributed by atoms with Gasteiger partial charge in [-0.15, -0.1) is 0 Å². The van der Waals surface area contributed by atoms with Crippen LogP contribution in [0.2, 0.25) is 0 Å². The predicted octanol–water partition coefficient (Wildman–Crippen LogP) is 14.6. The van der Waals surface area contributed by atoms with Crippen LogP contribution in [0.5, 0.6) is 0 Å². The molecular weight excluding hydrogens is 645 g/mol. The molecule has 0 saturated heterocycles. The molecule has 0 aliphatic heterocycles. The lowest BCUT2D eigenvalue weighted by Crippen LogP contribution is -2.14. The molecule has 248 valence electrons. The van der Waals surface area contributed by atoms with E-state index < -0.39 is 0 Å². The monoisotopic (exact) mass is 676 g/mol. The first-order valence-corrected chi connectivity index (χ1v) is 18.4. The minimum Gasteiger partial charge on any atom is -0.456 e. The summed E-state index contributed by atoms with van der Waals surface area (Å²) in [4.78, 5) is 0. The Morgan fingerprint density at radius 2 is 0.868 bits per heavy atom. The largest absolute Gasteiger partial charge is 0.456 e. The molecule has 11 aromatic rings. The highest BCUT2D eigenvalue weighted by Crippen LogP contribution is 2.53. The topological polar surface area (TPSA) is 26.3 Å². The van der Waals surface area contributed by atoms with E-state index >= 15 is 0 Å². The van der Waals surface area contributed by atoms with Crippen LogP contribution < -0.4 is 0 Å². The first-order chi connectivity index (χ1) is 26.0. The second kappa shape index (κ2) is 10.2. The minimum atomic E-state index is -0.158. The molecule has 53 heavy (non-hydrogen) atoms. The van der Waals surface area contributed by atoms with Gasteiger partial charge < -0.3 is 8.83 Å². The van der Waals surface area contributed by atoms with E-state index in [1.54, 1.807) is 0 Å². The zero-order valence-electron chi connectivity index (χ0n) is 29.3. The summed E-state index contributed by atoms with van der Waals surface area (Å²) in [5.74, 6) is 0. The molecule has 2 heterocycles. The van der Waals surface area contributed by atoms with Crippen LogP contribution in [0.3, 0.4) is 0 Å². The first-order valence-electron chi connectivity index (χ1n) is 18.4. The van der Waals surface area contributed by atoms with Crippen molar-refractivity contribution in [1.82, 2.24) is 0 Å². The van der Waals surface area contributed by atoms with Gasteiger partial charge >= 0.3 is 0 Å². The van der Waals surface area contributed by atoms with Crippen LogP contribution in [0.1, 0.15) is 25.0 Å². The van der Waals surface area contributed by atoms with Crippen molar-refractivity contribution in [3.05, 3.63) is 169 Å². The van der Waals surface area contributed by atoms with Crippen LogP contribution in [0.25, 0.3) is 110 Å². The molecule has 0 amide bonds. The van der Waals surface area contributed by atoms with Gasteiger partial charge in [0.15, 0.2) is 0 Å². The highest BCUT2D eigenvalue weighted by molar-refractivity contribution is 6.22. The van der Waals surface area contributed by atoms with Crippen molar-refractivity contribution >= 4 is 76.2 Å².